The van der Waals surface area contributed by atoms with Crippen molar-refractivity contribution in [2.75, 3.05) is 52.7 Å². The zero-order valence-electron chi connectivity index (χ0n) is 52.1. The van der Waals surface area contributed by atoms with E-state index in [4.69, 9.17) is 28.4 Å². The van der Waals surface area contributed by atoms with Crippen molar-refractivity contribution in [2.24, 2.45) is 22.2 Å². The first-order chi connectivity index (χ1) is 41.7. The van der Waals surface area contributed by atoms with Gasteiger partial charge in [-0.2, -0.15) is 0 Å². The molecule has 3 saturated heterocycles. The van der Waals surface area contributed by atoms with Crippen LogP contribution in [0.3, 0.4) is 0 Å². The fourth-order valence-corrected chi connectivity index (χ4v) is 13.6. The number of benzene rings is 1. The molecule has 4 aliphatic heterocycles. The van der Waals surface area contributed by atoms with Crippen LogP contribution in [-0.2, 0) is 78.0 Å². The molecule has 10 atom stereocenters. The van der Waals surface area contributed by atoms with Gasteiger partial charge in [-0.05, 0) is 83.1 Å². The van der Waals surface area contributed by atoms with E-state index in [1.54, 1.807) is 55.5 Å². The minimum atomic E-state index is -1.13. The molecule has 7 rings (SSSR count). The van der Waals surface area contributed by atoms with Gasteiger partial charge in [0.15, 0.2) is 0 Å². The summed E-state index contributed by atoms with van der Waals surface area (Å²) >= 11 is 0. The topological polar surface area (TPSA) is 276 Å². The molecule has 0 radical (unpaired) electrons. The van der Waals surface area contributed by atoms with E-state index in [1.165, 1.54) is 22.6 Å². The van der Waals surface area contributed by atoms with Crippen molar-refractivity contribution in [3.63, 3.8) is 0 Å². The number of hydrogen-bond donors (Lipinski definition) is 5. The highest BCUT2D eigenvalue weighted by molar-refractivity contribution is 6.04. The molecule has 7 amide bonds. The highest BCUT2D eigenvalue weighted by Crippen LogP contribution is 2.72. The predicted molar refractivity (Wildman–Crippen MR) is 322 cm³/mol. The van der Waals surface area contributed by atoms with Gasteiger partial charge in [-0.3, -0.25) is 38.5 Å². The van der Waals surface area contributed by atoms with Gasteiger partial charge in [0.2, 0.25) is 41.4 Å². The van der Waals surface area contributed by atoms with E-state index in [9.17, 15) is 43.2 Å². The molecule has 1 saturated carbocycles. The van der Waals surface area contributed by atoms with Crippen LogP contribution in [0.2, 0.25) is 0 Å². The Hall–Kier alpha value is -6.55. The van der Waals surface area contributed by atoms with Crippen LogP contribution in [0.5, 0.6) is 0 Å². The summed E-state index contributed by atoms with van der Waals surface area (Å²) in [4.78, 5) is 120. The minimum Gasteiger partial charge on any atom is -0.462 e. The molecule has 0 aromatic heterocycles. The Balaban J connectivity index is 0.830. The lowest BCUT2D eigenvalue weighted by Crippen LogP contribution is -2.66. The number of carbonyl (C=O) groups is 9. The van der Waals surface area contributed by atoms with E-state index in [0.717, 1.165) is 62.5 Å². The molecule has 21 heteroatoms. The molecule has 4 fully saturated rings. The summed E-state index contributed by atoms with van der Waals surface area (Å²) in [6.07, 6.45) is 18.6. The number of ether oxygens (including phenoxy) is 6. The lowest BCUT2D eigenvalue weighted by atomic mass is 9.51. The highest BCUT2D eigenvalue weighted by Gasteiger charge is 2.83. The maximum Gasteiger partial charge on any atom is 0.331 e. The summed E-state index contributed by atoms with van der Waals surface area (Å²) in [5, 5.41) is 12.8. The van der Waals surface area contributed by atoms with Gasteiger partial charge in [0, 0.05) is 49.8 Å². The smallest absolute Gasteiger partial charge is 0.331 e. The first-order valence-corrected chi connectivity index (χ1v) is 31.6. The van der Waals surface area contributed by atoms with Gasteiger partial charge in [-0.15, -0.1) is 0 Å². The summed E-state index contributed by atoms with van der Waals surface area (Å²) < 4.78 is 37.4. The number of cyclic esters (lactones) is 1. The number of carbonyl (C=O) groups excluding carboxylic acids is 9. The first kappa shape index (κ1) is 67.9. The van der Waals surface area contributed by atoms with Crippen molar-refractivity contribution in [1.82, 2.24) is 31.5 Å². The molecule has 10 unspecified atom stereocenters. The summed E-state index contributed by atoms with van der Waals surface area (Å²) in [5.41, 5.74) is 0.427. The van der Waals surface area contributed by atoms with E-state index in [-0.39, 0.29) is 87.0 Å². The summed E-state index contributed by atoms with van der Waals surface area (Å²) in [6, 6.07) is 7.80. The molecule has 87 heavy (non-hydrogen) atoms. The van der Waals surface area contributed by atoms with Gasteiger partial charge in [0.1, 0.15) is 37.2 Å². The van der Waals surface area contributed by atoms with Crippen molar-refractivity contribution in [3.8, 4) is 0 Å². The molecule has 2 spiro atoms. The standard InChI is InChI=1S/C66H94N6O15/c1-8-11-28-64(10-3,29-12-9-2)48-36-58(77)72(62(48)81)31-20-14-17-24-54(73)67-38-55(74)68-40-57(76)71-49(35-47-21-15-13-16-22-47)61(80)69-39-56(75)70-43-84-46(6)50-23-18-19-25-59(78)87-51-37-53-66(42-85-66)63(51,7)65(30-26-44(4)33-52(65)86-53)41-83-60(79)34-45(5)27-32-82-50/h13,15-16,18-19,21-23,25,33-34,46,48-53H,8-12,14,17,20,24,26-32,35-43H2,1-7H3,(H,67,73)(H,68,74)(H,69,80)(H,70,75)(H,71,76)/b23-18+,25-19-,45-34+. The van der Waals surface area contributed by atoms with Crippen LogP contribution >= 0.6 is 0 Å². The molecule has 2 aliphatic carbocycles. The number of hydrogen-bond acceptors (Lipinski definition) is 15. The number of epoxide rings is 1. The Bertz CT molecular complexity index is 2730. The molecular formula is C66H94N6O15. The Labute approximate surface area is 512 Å². The SMILES string of the molecule is CCCCC(CC)(CCCC)C1CC(=O)N(CCCCCC(=O)NCC(=O)NCC(=O)NC(Cc2ccccc2)C(=O)NCC(=O)NCOC(C)C2/C=C/C=C\C(=O)OC3CC4OC5C=C(C)CCC5(COC(=O)/C=C(\C)CCO2)C3(C)C42CO2)C1=O. The largest absolute Gasteiger partial charge is 0.462 e. The number of nitrogens with zero attached hydrogens (tertiary/aromatic N) is 1. The zero-order chi connectivity index (χ0) is 62.8. The van der Waals surface area contributed by atoms with Gasteiger partial charge >= 0.3 is 11.9 Å². The van der Waals surface area contributed by atoms with Crippen LogP contribution in [0.25, 0.3) is 0 Å². The van der Waals surface area contributed by atoms with Crippen molar-refractivity contribution in [3.05, 3.63) is 83.5 Å². The Morgan fingerprint density at radius 2 is 1.49 bits per heavy atom. The minimum absolute atomic E-state index is 0.0593. The van der Waals surface area contributed by atoms with Gasteiger partial charge < -0.3 is 55.0 Å². The molecule has 1 aromatic carbocycles. The van der Waals surface area contributed by atoms with Gasteiger partial charge in [0.05, 0.1) is 62.5 Å². The Morgan fingerprint density at radius 3 is 2.21 bits per heavy atom. The molecule has 1 aromatic rings. The second kappa shape index (κ2) is 31.6. The van der Waals surface area contributed by atoms with Crippen LogP contribution < -0.4 is 26.6 Å². The van der Waals surface area contributed by atoms with Crippen LogP contribution in [0.1, 0.15) is 157 Å². The summed E-state index contributed by atoms with van der Waals surface area (Å²) in [6.45, 7) is 13.6. The number of rotatable bonds is 28. The van der Waals surface area contributed by atoms with E-state index >= 15 is 0 Å². The molecule has 478 valence electrons. The number of likely N-dealkylation sites (tertiary alicyclic amines) is 1. The lowest BCUT2D eigenvalue weighted by molar-refractivity contribution is -0.232. The predicted octanol–water partition coefficient (Wildman–Crippen LogP) is 6.23. The maximum absolute atomic E-state index is 13.6. The number of nitrogens with one attached hydrogen (secondary N) is 5. The van der Waals surface area contributed by atoms with E-state index < -0.39 is 89.4 Å². The van der Waals surface area contributed by atoms with Gasteiger partial charge in [0.25, 0.3) is 0 Å². The van der Waals surface area contributed by atoms with E-state index in [2.05, 4.69) is 67.3 Å². The van der Waals surface area contributed by atoms with Crippen molar-refractivity contribution in [1.29, 1.82) is 0 Å². The lowest BCUT2D eigenvalue weighted by Gasteiger charge is -2.58. The van der Waals surface area contributed by atoms with E-state index in [0.29, 0.717) is 51.7 Å². The van der Waals surface area contributed by atoms with Crippen molar-refractivity contribution in [2.45, 2.75) is 200 Å². The quantitative estimate of drug-likeness (QED) is 0.0155. The number of imide groups is 1. The summed E-state index contributed by atoms with van der Waals surface area (Å²) in [7, 11) is 0. The maximum atomic E-state index is 13.6. The zero-order valence-corrected chi connectivity index (χ0v) is 52.1. The first-order valence-electron chi connectivity index (χ1n) is 31.6. The molecule has 2 bridgehead atoms. The second-order valence-corrected chi connectivity index (χ2v) is 24.8. The molecule has 6 aliphatic rings. The molecule has 21 nitrogen and oxygen atoms in total. The monoisotopic (exact) mass is 1210 g/mol. The average Bonchev–Trinajstić information content (AvgIpc) is 1.50. The van der Waals surface area contributed by atoms with Crippen LogP contribution in [0, 0.1) is 22.2 Å². The normalized spacial score (nSPS) is 28.4. The fourth-order valence-electron chi connectivity index (χ4n) is 13.6. The fraction of sp³-hybridized carbons (Fsp3) is 0.652. The van der Waals surface area contributed by atoms with Crippen molar-refractivity contribution < 1.29 is 71.6 Å². The highest BCUT2D eigenvalue weighted by atomic mass is 16.6. The Morgan fingerprint density at radius 1 is 0.793 bits per heavy atom. The Kier molecular flexibility index (Phi) is 24.7. The number of allylic oxidation sites excluding steroid dienone is 3. The number of esters is 2. The second-order valence-electron chi connectivity index (χ2n) is 24.8. The van der Waals surface area contributed by atoms with Gasteiger partial charge in [-0.1, -0.05) is 126 Å². The van der Waals surface area contributed by atoms with Crippen molar-refractivity contribution >= 4 is 53.3 Å². The molecule has 4 heterocycles. The van der Waals surface area contributed by atoms with Crippen LogP contribution in [-0.4, -0.2) is 153 Å². The third-order valence-corrected chi connectivity index (χ3v) is 19.1. The molecule has 5 N–H and O–H groups in total. The van der Waals surface area contributed by atoms with Crippen LogP contribution in [0.15, 0.2) is 77.9 Å². The number of unbranched alkanes of at least 4 members (excludes halogenated alkanes) is 4. The summed E-state index contributed by atoms with van der Waals surface area (Å²) in [5.74, 6) is -4.43. The van der Waals surface area contributed by atoms with E-state index in [1.807, 2.05) is 6.92 Å². The third kappa shape index (κ3) is 17.0. The average molecular weight is 1210 g/mol. The van der Waals surface area contributed by atoms with Gasteiger partial charge in [-0.25, -0.2) is 9.59 Å². The molecular weight excluding hydrogens is 1120 g/mol. The van der Waals surface area contributed by atoms with Crippen LogP contribution in [0.4, 0.5) is 0 Å². The number of amides is 7. The third-order valence-electron chi connectivity index (χ3n) is 19.1.